The number of rotatable bonds is 7. The topological polar surface area (TPSA) is 91.9 Å². The van der Waals surface area contributed by atoms with Gasteiger partial charge in [0.2, 0.25) is 5.88 Å². The first-order valence-corrected chi connectivity index (χ1v) is 12.9. The summed E-state index contributed by atoms with van der Waals surface area (Å²) < 4.78 is 5.66. The highest BCUT2D eigenvalue weighted by atomic mass is 35.5. The molecule has 1 aliphatic heterocycles. The van der Waals surface area contributed by atoms with Crippen LogP contribution >= 0.6 is 11.6 Å². The summed E-state index contributed by atoms with van der Waals surface area (Å²) in [7, 11) is 1.64. The Bertz CT molecular complexity index is 1380. The van der Waals surface area contributed by atoms with Crippen molar-refractivity contribution in [3.05, 3.63) is 52.8 Å². The number of hydrogen-bond acceptors (Lipinski definition) is 7. The van der Waals surface area contributed by atoms with E-state index in [1.807, 2.05) is 32.4 Å². The van der Waals surface area contributed by atoms with E-state index in [0.717, 1.165) is 52.9 Å². The van der Waals surface area contributed by atoms with E-state index >= 15 is 0 Å². The van der Waals surface area contributed by atoms with E-state index in [4.69, 9.17) is 21.3 Å². The van der Waals surface area contributed by atoms with Gasteiger partial charge in [0.15, 0.2) is 0 Å². The Kier molecular flexibility index (Phi) is 6.96. The number of methoxy groups -OCH3 is 1. The Morgan fingerprint density at radius 1 is 1.11 bits per heavy atom. The zero-order valence-electron chi connectivity index (χ0n) is 21.2. The highest BCUT2D eigenvalue weighted by Gasteiger charge is 2.21. The molecule has 1 saturated heterocycles. The molecule has 2 N–H and O–H groups in total. The molecule has 1 unspecified atom stereocenters. The van der Waals surface area contributed by atoms with Crippen LogP contribution in [0.3, 0.4) is 0 Å². The summed E-state index contributed by atoms with van der Waals surface area (Å²) in [6.45, 7) is 8.01. The van der Waals surface area contributed by atoms with Crippen LogP contribution < -0.4 is 15.0 Å². The van der Waals surface area contributed by atoms with Gasteiger partial charge >= 0.3 is 0 Å². The molecule has 0 radical (unpaired) electrons. The minimum atomic E-state index is -0.106. The molecule has 0 spiro atoms. The van der Waals surface area contributed by atoms with Gasteiger partial charge in [-0.3, -0.25) is 0 Å². The van der Waals surface area contributed by atoms with Crippen molar-refractivity contribution in [2.45, 2.75) is 52.5 Å². The summed E-state index contributed by atoms with van der Waals surface area (Å²) in [6, 6.07) is 4.27. The van der Waals surface area contributed by atoms with Gasteiger partial charge in [0.05, 0.1) is 30.7 Å². The molecular formula is C27H32ClN7O. The van der Waals surface area contributed by atoms with Crippen LogP contribution in [0.1, 0.15) is 55.7 Å². The molecule has 4 aromatic heterocycles. The Hall–Kier alpha value is -3.39. The first-order chi connectivity index (χ1) is 17.5. The fourth-order valence-corrected chi connectivity index (χ4v) is 5.09. The molecule has 0 aromatic carbocycles. The van der Waals surface area contributed by atoms with Crippen molar-refractivity contribution in [3.63, 3.8) is 0 Å². The lowest BCUT2D eigenvalue weighted by molar-refractivity contribution is 0.389. The highest BCUT2D eigenvalue weighted by molar-refractivity contribution is 6.33. The number of halogens is 1. The highest BCUT2D eigenvalue weighted by Crippen LogP contribution is 2.36. The van der Waals surface area contributed by atoms with Gasteiger partial charge in [-0.25, -0.2) is 19.9 Å². The number of hydrogen-bond donors (Lipinski definition) is 2. The lowest BCUT2D eigenvalue weighted by Crippen LogP contribution is -2.29. The number of H-pyrrole nitrogens is 1. The van der Waals surface area contributed by atoms with Crippen molar-refractivity contribution < 1.29 is 4.74 Å². The van der Waals surface area contributed by atoms with E-state index in [2.05, 4.69) is 49.2 Å². The van der Waals surface area contributed by atoms with Gasteiger partial charge in [-0.2, -0.15) is 0 Å². The van der Waals surface area contributed by atoms with Gasteiger partial charge in [0.25, 0.3) is 0 Å². The zero-order valence-corrected chi connectivity index (χ0v) is 22.0. The molecule has 36 heavy (non-hydrogen) atoms. The third-order valence-electron chi connectivity index (χ3n) is 6.84. The minimum absolute atomic E-state index is 0.106. The van der Waals surface area contributed by atoms with E-state index in [1.165, 1.54) is 24.9 Å². The molecule has 1 aliphatic rings. The van der Waals surface area contributed by atoms with Gasteiger partial charge in [-0.15, -0.1) is 0 Å². The van der Waals surface area contributed by atoms with Crippen LogP contribution in [0, 0.1) is 13.8 Å². The van der Waals surface area contributed by atoms with Crippen molar-refractivity contribution in [2.75, 3.05) is 30.4 Å². The molecular weight excluding hydrogens is 474 g/mol. The average molecular weight is 506 g/mol. The number of pyridine rings is 2. The summed E-state index contributed by atoms with van der Waals surface area (Å²) in [5.74, 6) is 1.86. The average Bonchev–Trinajstić information content (AvgIpc) is 3.33. The summed E-state index contributed by atoms with van der Waals surface area (Å²) in [5.41, 5.74) is 5.78. The van der Waals surface area contributed by atoms with E-state index in [-0.39, 0.29) is 6.04 Å². The third-order valence-corrected chi connectivity index (χ3v) is 7.30. The Morgan fingerprint density at radius 3 is 2.67 bits per heavy atom. The fraction of sp³-hybridized carbons (Fsp3) is 0.407. The van der Waals surface area contributed by atoms with Crippen LogP contribution in [0.5, 0.6) is 5.88 Å². The maximum atomic E-state index is 6.53. The minimum Gasteiger partial charge on any atom is -0.481 e. The molecule has 1 fully saturated rings. The zero-order chi connectivity index (χ0) is 25.2. The van der Waals surface area contributed by atoms with Crippen molar-refractivity contribution in [2.24, 2.45) is 0 Å². The lowest BCUT2D eigenvalue weighted by Gasteiger charge is -2.28. The number of aromatic amines is 1. The van der Waals surface area contributed by atoms with Crippen molar-refractivity contribution >= 4 is 34.1 Å². The SMILES string of the molecule is CCC(Nc1nc(C)nc(C)c1Cl)c1cc(-c2c[nH]c3ncc(N4CCCCC4)cc23)cnc1OC. The van der Waals surface area contributed by atoms with Crippen molar-refractivity contribution in [1.82, 2.24) is 24.9 Å². The standard InChI is InChI=1S/C27H32ClN7O/c1-5-23(34-26-24(28)16(2)32-17(3)33-26)21-11-18(13-31-27(21)36-4)22-15-30-25-20(22)12-19(14-29-25)35-9-7-6-8-10-35/h11-15,23H,5-10H2,1-4H3,(H,29,30)(H,32,33,34). The second-order valence-electron chi connectivity index (χ2n) is 9.29. The van der Waals surface area contributed by atoms with Crippen LogP contribution in [-0.4, -0.2) is 45.1 Å². The number of aromatic nitrogens is 5. The number of anilines is 2. The number of piperidine rings is 1. The molecule has 4 aromatic rings. The van der Waals surface area contributed by atoms with Crippen LogP contribution in [0.4, 0.5) is 11.5 Å². The largest absolute Gasteiger partial charge is 0.481 e. The summed E-state index contributed by atoms with van der Waals surface area (Å²) >= 11 is 6.53. The van der Waals surface area contributed by atoms with E-state index < -0.39 is 0 Å². The van der Waals surface area contributed by atoms with Crippen LogP contribution in [-0.2, 0) is 0 Å². The molecule has 1 atom stereocenters. The van der Waals surface area contributed by atoms with Gasteiger partial charge < -0.3 is 19.9 Å². The maximum Gasteiger partial charge on any atom is 0.218 e. The first kappa shape index (κ1) is 24.3. The van der Waals surface area contributed by atoms with Gasteiger partial charge in [-0.05, 0) is 51.7 Å². The number of nitrogens with one attached hydrogen (secondary N) is 2. The second-order valence-corrected chi connectivity index (χ2v) is 9.66. The molecule has 0 amide bonds. The van der Waals surface area contributed by atoms with Gasteiger partial charge in [0.1, 0.15) is 22.3 Å². The molecule has 0 bridgehead atoms. The first-order valence-electron chi connectivity index (χ1n) is 12.5. The quantitative estimate of drug-likeness (QED) is 0.307. The molecule has 5 heterocycles. The Balaban J connectivity index is 1.53. The fourth-order valence-electron chi connectivity index (χ4n) is 4.95. The predicted octanol–water partition coefficient (Wildman–Crippen LogP) is 6.25. The van der Waals surface area contributed by atoms with Crippen molar-refractivity contribution in [1.29, 1.82) is 0 Å². The van der Waals surface area contributed by atoms with E-state index in [9.17, 15) is 0 Å². The van der Waals surface area contributed by atoms with Crippen LogP contribution in [0.15, 0.2) is 30.7 Å². The molecule has 8 nitrogen and oxygen atoms in total. The maximum absolute atomic E-state index is 6.53. The summed E-state index contributed by atoms with van der Waals surface area (Å²) in [5, 5.41) is 5.11. The number of fused-ring (bicyclic) bond motifs is 1. The number of aryl methyl sites for hydroxylation is 2. The monoisotopic (exact) mass is 505 g/mol. The molecule has 0 aliphatic carbocycles. The van der Waals surface area contributed by atoms with E-state index in [1.54, 1.807) is 7.11 Å². The summed E-state index contributed by atoms with van der Waals surface area (Å²) in [6.07, 6.45) is 10.4. The van der Waals surface area contributed by atoms with Crippen LogP contribution in [0.25, 0.3) is 22.2 Å². The van der Waals surface area contributed by atoms with Crippen LogP contribution in [0.2, 0.25) is 5.02 Å². The molecule has 5 rings (SSSR count). The lowest BCUT2D eigenvalue weighted by atomic mass is 10.00. The molecule has 0 saturated carbocycles. The smallest absolute Gasteiger partial charge is 0.218 e. The number of nitrogens with zero attached hydrogens (tertiary/aromatic N) is 5. The number of ether oxygens (including phenoxy) is 1. The third kappa shape index (κ3) is 4.69. The second kappa shape index (κ2) is 10.3. The summed E-state index contributed by atoms with van der Waals surface area (Å²) in [4.78, 5) is 24.0. The van der Waals surface area contributed by atoms with Gasteiger partial charge in [-0.1, -0.05) is 18.5 Å². The molecule has 9 heteroatoms. The van der Waals surface area contributed by atoms with E-state index in [0.29, 0.717) is 22.5 Å². The predicted molar refractivity (Wildman–Crippen MR) is 145 cm³/mol. The normalized spacial score (nSPS) is 14.8. The van der Waals surface area contributed by atoms with Crippen molar-refractivity contribution in [3.8, 4) is 17.0 Å². The van der Waals surface area contributed by atoms with Gasteiger partial charge in [0, 0.05) is 47.6 Å². The Morgan fingerprint density at radius 2 is 1.92 bits per heavy atom. The Labute approximate surface area is 216 Å². The molecule has 188 valence electrons.